The van der Waals surface area contributed by atoms with E-state index in [1.807, 2.05) is 13.8 Å². The van der Waals surface area contributed by atoms with Crippen molar-refractivity contribution in [3.05, 3.63) is 17.7 Å². The van der Waals surface area contributed by atoms with Crippen molar-refractivity contribution in [3.8, 4) is 0 Å². The molecule has 0 atom stereocenters. The van der Waals surface area contributed by atoms with Gasteiger partial charge in [-0.3, -0.25) is 0 Å². The van der Waals surface area contributed by atoms with Crippen molar-refractivity contribution in [2.75, 3.05) is 30.8 Å². The topological polar surface area (TPSA) is 57.2 Å². The number of nitrogens with zero attached hydrogens (tertiary/aromatic N) is 1. The van der Waals surface area contributed by atoms with Crippen LogP contribution in [0, 0.1) is 5.41 Å². The summed E-state index contributed by atoms with van der Waals surface area (Å²) < 4.78 is 38.4. The number of pyridine rings is 1. The fourth-order valence-electron chi connectivity index (χ4n) is 1.89. The average molecular weight is 305 g/mol. The van der Waals surface area contributed by atoms with E-state index in [-0.39, 0.29) is 23.7 Å². The molecule has 0 aliphatic heterocycles. The number of aliphatic hydroxyl groups excluding tert-OH is 1. The third-order valence-corrected chi connectivity index (χ3v) is 3.17. The van der Waals surface area contributed by atoms with E-state index in [4.69, 9.17) is 5.11 Å². The molecule has 0 aliphatic carbocycles. The molecule has 0 saturated heterocycles. The van der Waals surface area contributed by atoms with Gasteiger partial charge in [0.15, 0.2) is 0 Å². The smallest absolute Gasteiger partial charge is 0.396 e. The van der Waals surface area contributed by atoms with Crippen molar-refractivity contribution in [1.82, 2.24) is 4.98 Å². The molecule has 7 heteroatoms. The zero-order valence-corrected chi connectivity index (χ0v) is 12.5. The molecule has 0 unspecified atom stereocenters. The molecule has 0 aliphatic rings. The minimum Gasteiger partial charge on any atom is -0.396 e. The molecule has 1 aromatic heterocycles. The molecule has 0 saturated carbocycles. The first kappa shape index (κ1) is 17.6. The van der Waals surface area contributed by atoms with Gasteiger partial charge in [0.2, 0.25) is 0 Å². The summed E-state index contributed by atoms with van der Waals surface area (Å²) in [5.41, 5.74) is -0.879. The van der Waals surface area contributed by atoms with Crippen molar-refractivity contribution in [2.45, 2.75) is 32.9 Å². The van der Waals surface area contributed by atoms with Crippen molar-refractivity contribution in [3.63, 3.8) is 0 Å². The predicted molar refractivity (Wildman–Crippen MR) is 77.4 cm³/mol. The third kappa shape index (κ3) is 5.79. The van der Waals surface area contributed by atoms with Gasteiger partial charge < -0.3 is 15.7 Å². The maximum atomic E-state index is 12.8. The summed E-state index contributed by atoms with van der Waals surface area (Å²) in [6.45, 7) is 4.56. The molecule has 0 spiro atoms. The Morgan fingerprint density at radius 3 is 2.33 bits per heavy atom. The van der Waals surface area contributed by atoms with Gasteiger partial charge in [-0.1, -0.05) is 13.8 Å². The van der Waals surface area contributed by atoms with Gasteiger partial charge in [-0.15, -0.1) is 0 Å². The summed E-state index contributed by atoms with van der Waals surface area (Å²) in [4.78, 5) is 4.08. The van der Waals surface area contributed by atoms with Crippen LogP contribution in [0.2, 0.25) is 0 Å². The Labute approximate surface area is 122 Å². The fraction of sp³-hybridized carbons (Fsp3) is 0.643. The van der Waals surface area contributed by atoms with Crippen molar-refractivity contribution in [1.29, 1.82) is 0 Å². The maximum absolute atomic E-state index is 12.8. The van der Waals surface area contributed by atoms with Crippen LogP contribution in [0.5, 0.6) is 0 Å². The minimum absolute atomic E-state index is 0.106. The monoisotopic (exact) mass is 305 g/mol. The van der Waals surface area contributed by atoms with E-state index in [2.05, 4.69) is 15.6 Å². The first-order chi connectivity index (χ1) is 9.68. The highest BCUT2D eigenvalue weighted by Crippen LogP contribution is 2.32. The highest BCUT2D eigenvalue weighted by Gasteiger charge is 2.31. The number of alkyl halides is 3. The van der Waals surface area contributed by atoms with Gasteiger partial charge >= 0.3 is 6.18 Å². The van der Waals surface area contributed by atoms with Crippen molar-refractivity contribution >= 4 is 11.6 Å². The molecule has 4 nitrogen and oxygen atoms in total. The van der Waals surface area contributed by atoms with Crippen LogP contribution < -0.4 is 10.6 Å². The van der Waals surface area contributed by atoms with Gasteiger partial charge in [-0.2, -0.15) is 13.2 Å². The van der Waals surface area contributed by atoms with Gasteiger partial charge in [0.1, 0.15) is 11.6 Å². The molecule has 0 bridgehead atoms. The van der Waals surface area contributed by atoms with Gasteiger partial charge in [0.05, 0.1) is 5.56 Å². The number of halogens is 3. The molecular formula is C14H22F3N3O. The van der Waals surface area contributed by atoms with Crippen LogP contribution in [0.25, 0.3) is 0 Å². The van der Waals surface area contributed by atoms with E-state index in [0.717, 1.165) is 18.6 Å². The van der Waals surface area contributed by atoms with E-state index in [9.17, 15) is 13.2 Å². The molecule has 3 N–H and O–H groups in total. The lowest BCUT2D eigenvalue weighted by atomic mass is 9.88. The van der Waals surface area contributed by atoms with E-state index < -0.39 is 11.7 Å². The number of aliphatic hydroxyl groups is 1. The molecule has 0 amide bonds. The Kier molecular flexibility index (Phi) is 5.83. The Hall–Kier alpha value is -1.50. The molecule has 120 valence electrons. The zero-order chi connectivity index (χ0) is 16.1. The molecule has 21 heavy (non-hydrogen) atoms. The summed E-state index contributed by atoms with van der Waals surface area (Å²) in [6.07, 6.45) is -2.97. The van der Waals surface area contributed by atoms with E-state index >= 15 is 0 Å². The van der Waals surface area contributed by atoms with Crippen molar-refractivity contribution < 1.29 is 18.3 Å². The highest BCUT2D eigenvalue weighted by molar-refractivity contribution is 5.49. The van der Waals surface area contributed by atoms with Crippen LogP contribution in [0.3, 0.4) is 0 Å². The first-order valence-corrected chi connectivity index (χ1v) is 6.80. The predicted octanol–water partition coefficient (Wildman–Crippen LogP) is 3.35. The summed E-state index contributed by atoms with van der Waals surface area (Å²) in [7, 11) is 1.53. The Morgan fingerprint density at radius 2 is 1.81 bits per heavy atom. The van der Waals surface area contributed by atoms with Crippen molar-refractivity contribution in [2.24, 2.45) is 5.41 Å². The Balaban J connectivity index is 2.83. The van der Waals surface area contributed by atoms with Gasteiger partial charge in [0.25, 0.3) is 0 Å². The normalized spacial score (nSPS) is 12.3. The third-order valence-electron chi connectivity index (χ3n) is 3.17. The zero-order valence-electron chi connectivity index (χ0n) is 12.5. The van der Waals surface area contributed by atoms with Crippen LogP contribution in [0.15, 0.2) is 12.1 Å². The van der Waals surface area contributed by atoms with Crippen LogP contribution in [-0.2, 0) is 6.18 Å². The van der Waals surface area contributed by atoms with E-state index in [1.165, 1.54) is 7.05 Å². The molecule has 1 aromatic rings. The van der Waals surface area contributed by atoms with Crippen LogP contribution in [0.1, 0.15) is 32.3 Å². The summed E-state index contributed by atoms with van der Waals surface area (Å²) >= 11 is 0. The molecular weight excluding hydrogens is 283 g/mol. The largest absolute Gasteiger partial charge is 0.416 e. The number of nitrogens with one attached hydrogen (secondary N) is 2. The second-order valence-corrected chi connectivity index (χ2v) is 5.72. The summed E-state index contributed by atoms with van der Waals surface area (Å²) in [5, 5.41) is 14.4. The van der Waals surface area contributed by atoms with E-state index in [0.29, 0.717) is 13.0 Å². The van der Waals surface area contributed by atoms with Gasteiger partial charge in [-0.25, -0.2) is 4.98 Å². The molecule has 1 heterocycles. The minimum atomic E-state index is -4.41. The standard InChI is InChI=1S/C14H22F3N3O/c1-13(2,5-4-6-21)9-19-12-8-10(14(15,16)17)7-11(18-3)20-12/h7-8,21H,4-6,9H2,1-3H3,(H2,18,19,20). The molecule has 0 aromatic carbocycles. The second-order valence-electron chi connectivity index (χ2n) is 5.72. The average Bonchev–Trinajstić information content (AvgIpc) is 2.42. The Morgan fingerprint density at radius 1 is 1.19 bits per heavy atom. The number of aromatic nitrogens is 1. The SMILES string of the molecule is CNc1cc(C(F)(F)F)cc(NCC(C)(C)CCCO)n1. The fourth-order valence-corrected chi connectivity index (χ4v) is 1.89. The molecule has 0 fully saturated rings. The van der Waals surface area contributed by atoms with Crippen LogP contribution in [-0.4, -0.2) is 30.3 Å². The quantitative estimate of drug-likeness (QED) is 0.723. The van der Waals surface area contributed by atoms with Gasteiger partial charge in [0, 0.05) is 20.2 Å². The number of hydrogen-bond acceptors (Lipinski definition) is 4. The lowest BCUT2D eigenvalue weighted by Crippen LogP contribution is -2.24. The lowest BCUT2D eigenvalue weighted by molar-refractivity contribution is -0.137. The second kappa shape index (κ2) is 6.98. The van der Waals surface area contributed by atoms with Crippen LogP contribution in [0.4, 0.5) is 24.8 Å². The van der Waals surface area contributed by atoms with Crippen LogP contribution >= 0.6 is 0 Å². The number of anilines is 2. The highest BCUT2D eigenvalue weighted by atomic mass is 19.4. The lowest BCUT2D eigenvalue weighted by Gasteiger charge is -2.25. The van der Waals surface area contributed by atoms with Gasteiger partial charge in [-0.05, 0) is 30.4 Å². The Bertz CT molecular complexity index is 461. The molecule has 1 rings (SSSR count). The maximum Gasteiger partial charge on any atom is 0.416 e. The summed E-state index contributed by atoms with van der Waals surface area (Å²) in [6, 6.07) is 1.98. The molecule has 0 radical (unpaired) electrons. The van der Waals surface area contributed by atoms with E-state index in [1.54, 1.807) is 0 Å². The number of rotatable bonds is 7. The number of hydrogen-bond donors (Lipinski definition) is 3. The summed E-state index contributed by atoms with van der Waals surface area (Å²) in [5.74, 6) is 0.353. The first-order valence-electron chi connectivity index (χ1n) is 6.80.